The molecule has 0 spiro atoms. The molecule has 0 aromatic heterocycles. The molecule has 0 aliphatic rings. The molecule has 0 N–H and O–H groups in total. The lowest BCUT2D eigenvalue weighted by atomic mass is 10.2. The first-order valence-corrected chi connectivity index (χ1v) is 4.55. The summed E-state index contributed by atoms with van der Waals surface area (Å²) in [6, 6.07) is 5.80. The molecule has 59 valence electrons. The summed E-state index contributed by atoms with van der Waals surface area (Å²) in [5.74, 6) is 1.48. The van der Waals surface area contributed by atoms with E-state index in [1.165, 1.54) is 0 Å². The first-order chi connectivity index (χ1) is 5.27. The number of hydrogen-bond donors (Lipinski definition) is 0. The Kier molecular flexibility index (Phi) is 3.27. The lowest BCUT2D eigenvalue weighted by molar-refractivity contribution is 0.414. The second kappa shape index (κ2) is 4.02. The molecule has 0 saturated heterocycles. The number of benzene rings is 1. The van der Waals surface area contributed by atoms with Crippen LogP contribution in [0.4, 0.5) is 0 Å². The minimum absolute atomic E-state index is 0.630. The maximum Gasteiger partial charge on any atom is 0.120 e. The van der Waals surface area contributed by atoms with Gasteiger partial charge in [0.25, 0.3) is 0 Å². The van der Waals surface area contributed by atoms with Crippen molar-refractivity contribution >= 4 is 28.6 Å². The van der Waals surface area contributed by atoms with Crippen molar-refractivity contribution in [2.45, 2.75) is 5.75 Å². The third-order valence-corrected chi connectivity index (χ3v) is 2.46. The van der Waals surface area contributed by atoms with Gasteiger partial charge < -0.3 is 4.74 Å². The van der Waals surface area contributed by atoms with Crippen LogP contribution in [0, 0.1) is 0 Å². The highest BCUT2D eigenvalue weighted by Gasteiger charge is 1.98. The van der Waals surface area contributed by atoms with Crippen molar-refractivity contribution in [2.24, 2.45) is 0 Å². The smallest absolute Gasteiger partial charge is 0.120 e. The summed E-state index contributed by atoms with van der Waals surface area (Å²) in [6.45, 7) is 0. The molecule has 0 fully saturated rings. The van der Waals surface area contributed by atoms with Gasteiger partial charge >= 0.3 is 0 Å². The average Bonchev–Trinajstić information content (AvgIpc) is 2.04. The fourth-order valence-corrected chi connectivity index (χ4v) is 1.71. The quantitative estimate of drug-likeness (QED) is 0.761. The van der Waals surface area contributed by atoms with Gasteiger partial charge in [0, 0.05) is 10.2 Å². The van der Waals surface area contributed by atoms with Crippen LogP contribution in [0.5, 0.6) is 5.75 Å². The van der Waals surface area contributed by atoms with Gasteiger partial charge in [0.15, 0.2) is 0 Å². The van der Waals surface area contributed by atoms with Gasteiger partial charge in [-0.1, -0.05) is 34.6 Å². The lowest BCUT2D eigenvalue weighted by Crippen LogP contribution is -1.85. The molecule has 1 radical (unpaired) electrons. The first-order valence-electron chi connectivity index (χ1n) is 3.18. The highest BCUT2D eigenvalue weighted by Crippen LogP contribution is 2.23. The third kappa shape index (κ3) is 2.14. The SMILES string of the molecule is COc1ccc(C[S])c(Br)c1. The van der Waals surface area contributed by atoms with Crippen LogP contribution >= 0.6 is 28.6 Å². The predicted molar refractivity (Wildman–Crippen MR) is 52.0 cm³/mol. The van der Waals surface area contributed by atoms with E-state index in [0.29, 0.717) is 5.75 Å². The summed E-state index contributed by atoms with van der Waals surface area (Å²) < 4.78 is 6.05. The first kappa shape index (κ1) is 8.94. The molecule has 0 unspecified atom stereocenters. The van der Waals surface area contributed by atoms with E-state index >= 15 is 0 Å². The van der Waals surface area contributed by atoms with Gasteiger partial charge in [0.05, 0.1) is 7.11 Å². The molecule has 0 amide bonds. The van der Waals surface area contributed by atoms with E-state index in [1.807, 2.05) is 18.2 Å². The average molecular weight is 232 g/mol. The van der Waals surface area contributed by atoms with Crippen LogP contribution in [0.15, 0.2) is 22.7 Å². The van der Waals surface area contributed by atoms with Gasteiger partial charge in [0.1, 0.15) is 5.75 Å². The van der Waals surface area contributed by atoms with Crippen molar-refractivity contribution in [2.75, 3.05) is 7.11 Å². The van der Waals surface area contributed by atoms with Crippen molar-refractivity contribution in [1.82, 2.24) is 0 Å². The Morgan fingerprint density at radius 2 is 2.27 bits per heavy atom. The minimum Gasteiger partial charge on any atom is -0.497 e. The van der Waals surface area contributed by atoms with E-state index in [4.69, 9.17) is 17.4 Å². The normalized spacial score (nSPS) is 9.73. The molecule has 0 aliphatic carbocycles. The summed E-state index contributed by atoms with van der Waals surface area (Å²) in [7, 11) is 1.65. The molecule has 0 saturated carbocycles. The highest BCUT2D eigenvalue weighted by molar-refractivity contribution is 9.10. The molecule has 0 atom stereocenters. The van der Waals surface area contributed by atoms with E-state index in [1.54, 1.807) is 7.11 Å². The Balaban J connectivity index is 2.99. The molecule has 0 aliphatic heterocycles. The fraction of sp³-hybridized carbons (Fsp3) is 0.250. The molecule has 1 aromatic rings. The second-order valence-electron chi connectivity index (χ2n) is 2.10. The van der Waals surface area contributed by atoms with Crippen LogP contribution < -0.4 is 4.74 Å². The van der Waals surface area contributed by atoms with E-state index in [-0.39, 0.29) is 0 Å². The summed E-state index contributed by atoms with van der Waals surface area (Å²) in [4.78, 5) is 0. The number of ether oxygens (including phenoxy) is 1. The van der Waals surface area contributed by atoms with Crippen LogP contribution in [-0.2, 0) is 5.75 Å². The van der Waals surface area contributed by atoms with E-state index in [9.17, 15) is 0 Å². The maximum absolute atomic E-state index is 5.03. The standard InChI is InChI=1S/C8H8BrOS/c1-10-7-3-2-6(5-11)8(9)4-7/h2-4H,5H2,1H3. The molecule has 0 heterocycles. The predicted octanol–water partition coefficient (Wildman–Crippen LogP) is 3.16. The molecule has 1 aromatic carbocycles. The second-order valence-corrected chi connectivity index (χ2v) is 3.24. The van der Waals surface area contributed by atoms with Crippen molar-refractivity contribution < 1.29 is 4.74 Å². The summed E-state index contributed by atoms with van der Waals surface area (Å²) in [5, 5.41) is 0. The van der Waals surface area contributed by atoms with Gasteiger partial charge in [-0.3, -0.25) is 0 Å². The number of halogens is 1. The lowest BCUT2D eigenvalue weighted by Gasteiger charge is -2.02. The van der Waals surface area contributed by atoms with Gasteiger partial charge in [0.2, 0.25) is 0 Å². The summed E-state index contributed by atoms with van der Waals surface area (Å²) >= 11 is 8.32. The zero-order valence-electron chi connectivity index (χ0n) is 6.13. The van der Waals surface area contributed by atoms with Crippen molar-refractivity contribution in [1.29, 1.82) is 0 Å². The van der Waals surface area contributed by atoms with Gasteiger partial charge in [-0.2, -0.15) is 0 Å². The minimum atomic E-state index is 0.630. The van der Waals surface area contributed by atoms with Crippen molar-refractivity contribution in [3.63, 3.8) is 0 Å². The van der Waals surface area contributed by atoms with Crippen LogP contribution in [0.1, 0.15) is 5.56 Å². The largest absolute Gasteiger partial charge is 0.497 e. The third-order valence-electron chi connectivity index (χ3n) is 1.42. The number of hydrogen-bond acceptors (Lipinski definition) is 1. The molecule has 1 nitrogen and oxygen atoms in total. The number of methoxy groups -OCH3 is 1. The maximum atomic E-state index is 5.03. The van der Waals surface area contributed by atoms with Gasteiger partial charge in [-0.15, -0.1) is 0 Å². The fourth-order valence-electron chi connectivity index (χ4n) is 0.772. The van der Waals surface area contributed by atoms with Crippen LogP contribution in [0.2, 0.25) is 0 Å². The Labute approximate surface area is 80.3 Å². The Morgan fingerprint density at radius 1 is 1.55 bits per heavy atom. The Morgan fingerprint density at radius 3 is 2.73 bits per heavy atom. The van der Waals surface area contributed by atoms with Crippen LogP contribution in [0.25, 0.3) is 0 Å². The molecule has 3 heteroatoms. The van der Waals surface area contributed by atoms with Gasteiger partial charge in [-0.05, 0) is 17.7 Å². The molecule has 1 rings (SSSR count). The topological polar surface area (TPSA) is 9.23 Å². The molecular weight excluding hydrogens is 224 g/mol. The summed E-state index contributed by atoms with van der Waals surface area (Å²) in [5.41, 5.74) is 1.13. The van der Waals surface area contributed by atoms with Crippen molar-refractivity contribution in [3.8, 4) is 5.75 Å². The van der Waals surface area contributed by atoms with E-state index in [2.05, 4.69) is 15.9 Å². The highest BCUT2D eigenvalue weighted by atomic mass is 79.9. The molecule has 0 bridgehead atoms. The van der Waals surface area contributed by atoms with Crippen LogP contribution in [0.3, 0.4) is 0 Å². The zero-order valence-corrected chi connectivity index (χ0v) is 8.54. The monoisotopic (exact) mass is 231 g/mol. The number of rotatable bonds is 2. The van der Waals surface area contributed by atoms with E-state index < -0.39 is 0 Å². The molecule has 11 heavy (non-hydrogen) atoms. The zero-order chi connectivity index (χ0) is 8.27. The molecular formula is C8H8BrOS. The summed E-state index contributed by atoms with van der Waals surface area (Å²) in [6.07, 6.45) is 0. The van der Waals surface area contributed by atoms with Crippen molar-refractivity contribution in [3.05, 3.63) is 28.2 Å². The van der Waals surface area contributed by atoms with Gasteiger partial charge in [-0.25, -0.2) is 0 Å². The Hall–Kier alpha value is -0.150. The van der Waals surface area contributed by atoms with E-state index in [0.717, 1.165) is 15.8 Å². The van der Waals surface area contributed by atoms with Crippen LogP contribution in [-0.4, -0.2) is 7.11 Å². The Bertz CT molecular complexity index is 250.